The number of thioether (sulfide) groups is 1. The fraction of sp³-hybridized carbons (Fsp3) is 0.400. The van der Waals surface area contributed by atoms with Gasteiger partial charge in [-0.15, -0.1) is 11.8 Å². The molecule has 2 N–H and O–H groups in total. The second-order valence-corrected chi connectivity index (χ2v) is 4.03. The summed E-state index contributed by atoms with van der Waals surface area (Å²) in [6, 6.07) is 6.28. The summed E-state index contributed by atoms with van der Waals surface area (Å²) in [5.74, 6) is 0.515. The van der Waals surface area contributed by atoms with Gasteiger partial charge in [0.25, 0.3) is 0 Å². The highest BCUT2D eigenvalue weighted by Crippen LogP contribution is 2.26. The van der Waals surface area contributed by atoms with E-state index in [4.69, 9.17) is 5.73 Å². The lowest BCUT2D eigenvalue weighted by molar-refractivity contribution is 0.868. The van der Waals surface area contributed by atoms with E-state index in [0.29, 0.717) is 5.92 Å². The molecule has 1 aromatic rings. The molecular formula is C10H15NS. The zero-order valence-corrected chi connectivity index (χ0v) is 8.61. The van der Waals surface area contributed by atoms with Gasteiger partial charge in [-0.3, -0.25) is 0 Å². The van der Waals surface area contributed by atoms with Crippen molar-refractivity contribution < 1.29 is 0 Å². The van der Waals surface area contributed by atoms with Gasteiger partial charge in [-0.05, 0) is 29.9 Å². The van der Waals surface area contributed by atoms with E-state index in [1.165, 1.54) is 10.5 Å². The molecule has 0 fully saturated rings. The van der Waals surface area contributed by atoms with Crippen molar-refractivity contribution in [3.05, 3.63) is 23.8 Å². The van der Waals surface area contributed by atoms with Crippen LogP contribution in [0.5, 0.6) is 0 Å². The summed E-state index contributed by atoms with van der Waals surface area (Å²) >= 11 is 1.72. The minimum atomic E-state index is 0.515. The quantitative estimate of drug-likeness (QED) is 0.560. The van der Waals surface area contributed by atoms with Crippen molar-refractivity contribution in [3.63, 3.8) is 0 Å². The molecule has 0 heterocycles. The third kappa shape index (κ3) is 1.95. The Labute approximate surface area is 78.4 Å². The van der Waals surface area contributed by atoms with Gasteiger partial charge in [-0.25, -0.2) is 0 Å². The summed E-state index contributed by atoms with van der Waals surface area (Å²) in [6.45, 7) is 4.31. The highest BCUT2D eigenvalue weighted by molar-refractivity contribution is 7.98. The summed E-state index contributed by atoms with van der Waals surface area (Å²) in [6.07, 6.45) is 2.06. The van der Waals surface area contributed by atoms with Gasteiger partial charge < -0.3 is 5.73 Å². The molecule has 0 saturated carbocycles. The highest BCUT2D eigenvalue weighted by Gasteiger charge is 2.03. The summed E-state index contributed by atoms with van der Waals surface area (Å²) in [5.41, 5.74) is 8.04. The van der Waals surface area contributed by atoms with Crippen molar-refractivity contribution in [1.82, 2.24) is 0 Å². The predicted octanol–water partition coefficient (Wildman–Crippen LogP) is 3.11. The van der Waals surface area contributed by atoms with Crippen LogP contribution in [0.3, 0.4) is 0 Å². The maximum atomic E-state index is 5.88. The number of rotatable bonds is 2. The predicted molar refractivity (Wildman–Crippen MR) is 56.7 cm³/mol. The third-order valence-corrected chi connectivity index (χ3v) is 2.64. The standard InChI is InChI=1S/C10H15NS/c1-7(2)9-5-4-8(12-3)6-10(9)11/h4-7H,11H2,1-3H3. The minimum absolute atomic E-state index is 0.515. The summed E-state index contributed by atoms with van der Waals surface area (Å²) in [5, 5.41) is 0. The van der Waals surface area contributed by atoms with Crippen molar-refractivity contribution >= 4 is 17.4 Å². The molecule has 0 amide bonds. The summed E-state index contributed by atoms with van der Waals surface area (Å²) in [7, 11) is 0. The Bertz CT molecular complexity index is 269. The molecule has 0 aliphatic rings. The maximum Gasteiger partial charge on any atom is 0.0360 e. The number of nitrogens with two attached hydrogens (primary N) is 1. The first-order chi connectivity index (χ1) is 5.65. The molecule has 0 saturated heterocycles. The number of benzene rings is 1. The van der Waals surface area contributed by atoms with E-state index in [2.05, 4.69) is 32.2 Å². The molecular weight excluding hydrogens is 166 g/mol. The number of nitrogen functional groups attached to an aromatic ring is 1. The van der Waals surface area contributed by atoms with Crippen molar-refractivity contribution in [3.8, 4) is 0 Å². The van der Waals surface area contributed by atoms with Crippen LogP contribution in [0.15, 0.2) is 23.1 Å². The van der Waals surface area contributed by atoms with Crippen LogP contribution in [0, 0.1) is 0 Å². The van der Waals surface area contributed by atoms with Gasteiger partial charge in [-0.1, -0.05) is 19.9 Å². The lowest BCUT2D eigenvalue weighted by Crippen LogP contribution is -1.95. The van der Waals surface area contributed by atoms with Gasteiger partial charge in [0.05, 0.1) is 0 Å². The molecule has 0 atom stereocenters. The number of hydrogen-bond acceptors (Lipinski definition) is 2. The second kappa shape index (κ2) is 3.85. The van der Waals surface area contributed by atoms with Crippen molar-refractivity contribution in [1.29, 1.82) is 0 Å². The fourth-order valence-electron chi connectivity index (χ4n) is 1.21. The zero-order valence-electron chi connectivity index (χ0n) is 7.79. The van der Waals surface area contributed by atoms with Gasteiger partial charge in [0.15, 0.2) is 0 Å². The normalized spacial score (nSPS) is 10.7. The van der Waals surface area contributed by atoms with Crippen LogP contribution < -0.4 is 5.73 Å². The third-order valence-electron chi connectivity index (χ3n) is 1.92. The number of anilines is 1. The van der Waals surface area contributed by atoms with E-state index < -0.39 is 0 Å². The van der Waals surface area contributed by atoms with Crippen LogP contribution in [0.4, 0.5) is 5.69 Å². The monoisotopic (exact) mass is 181 g/mol. The van der Waals surface area contributed by atoms with Crippen LogP contribution in [0.25, 0.3) is 0 Å². The first-order valence-electron chi connectivity index (χ1n) is 4.08. The molecule has 0 unspecified atom stereocenters. The Kier molecular flexibility index (Phi) is 3.04. The molecule has 1 aromatic carbocycles. The van der Waals surface area contributed by atoms with Crippen molar-refractivity contribution in [2.45, 2.75) is 24.7 Å². The topological polar surface area (TPSA) is 26.0 Å². The number of hydrogen-bond donors (Lipinski definition) is 1. The summed E-state index contributed by atoms with van der Waals surface area (Å²) in [4.78, 5) is 1.23. The average Bonchev–Trinajstić information content (AvgIpc) is 2.03. The van der Waals surface area contributed by atoms with Gasteiger partial charge >= 0.3 is 0 Å². The van der Waals surface area contributed by atoms with Crippen LogP contribution >= 0.6 is 11.8 Å². The molecule has 2 heteroatoms. The van der Waals surface area contributed by atoms with E-state index in [0.717, 1.165) is 5.69 Å². The van der Waals surface area contributed by atoms with Gasteiger partial charge in [0, 0.05) is 10.6 Å². The molecule has 0 aromatic heterocycles. The molecule has 1 nitrogen and oxygen atoms in total. The molecule has 12 heavy (non-hydrogen) atoms. The van der Waals surface area contributed by atoms with E-state index in [9.17, 15) is 0 Å². The van der Waals surface area contributed by atoms with E-state index in [-0.39, 0.29) is 0 Å². The van der Waals surface area contributed by atoms with Crippen LogP contribution in [0.2, 0.25) is 0 Å². The smallest absolute Gasteiger partial charge is 0.0360 e. The maximum absolute atomic E-state index is 5.88. The van der Waals surface area contributed by atoms with Crippen LogP contribution in [-0.2, 0) is 0 Å². The molecule has 0 aliphatic heterocycles. The Morgan fingerprint density at radius 3 is 2.42 bits per heavy atom. The molecule has 0 aliphatic carbocycles. The highest BCUT2D eigenvalue weighted by atomic mass is 32.2. The first kappa shape index (κ1) is 9.46. The lowest BCUT2D eigenvalue weighted by Gasteiger charge is -2.09. The Balaban J connectivity index is 3.03. The SMILES string of the molecule is CSc1ccc(C(C)C)c(N)c1. The minimum Gasteiger partial charge on any atom is -0.398 e. The fourth-order valence-corrected chi connectivity index (χ4v) is 1.65. The lowest BCUT2D eigenvalue weighted by atomic mass is 10.0. The molecule has 66 valence electrons. The zero-order chi connectivity index (χ0) is 9.14. The molecule has 1 rings (SSSR count). The largest absolute Gasteiger partial charge is 0.398 e. The van der Waals surface area contributed by atoms with E-state index >= 15 is 0 Å². The Hall–Kier alpha value is -0.630. The van der Waals surface area contributed by atoms with Crippen molar-refractivity contribution in [2.24, 2.45) is 0 Å². The van der Waals surface area contributed by atoms with E-state index in [1.54, 1.807) is 11.8 Å². The first-order valence-corrected chi connectivity index (χ1v) is 5.31. The Morgan fingerprint density at radius 1 is 1.33 bits per heavy atom. The van der Waals surface area contributed by atoms with Crippen LogP contribution in [-0.4, -0.2) is 6.26 Å². The van der Waals surface area contributed by atoms with Crippen LogP contribution in [0.1, 0.15) is 25.3 Å². The summed E-state index contributed by atoms with van der Waals surface area (Å²) < 4.78 is 0. The second-order valence-electron chi connectivity index (χ2n) is 3.15. The van der Waals surface area contributed by atoms with Gasteiger partial charge in [-0.2, -0.15) is 0 Å². The Morgan fingerprint density at radius 2 is 2.00 bits per heavy atom. The average molecular weight is 181 g/mol. The molecule has 0 bridgehead atoms. The molecule has 0 radical (unpaired) electrons. The van der Waals surface area contributed by atoms with Crippen molar-refractivity contribution in [2.75, 3.05) is 12.0 Å². The van der Waals surface area contributed by atoms with E-state index in [1.807, 2.05) is 6.07 Å². The van der Waals surface area contributed by atoms with Gasteiger partial charge in [0.1, 0.15) is 0 Å². The van der Waals surface area contributed by atoms with Gasteiger partial charge in [0.2, 0.25) is 0 Å². The molecule has 0 spiro atoms.